The van der Waals surface area contributed by atoms with Crippen LogP contribution in [0.1, 0.15) is 44.2 Å². The second-order valence-electron chi connectivity index (χ2n) is 8.46. The van der Waals surface area contributed by atoms with Gasteiger partial charge >= 0.3 is 6.09 Å². The van der Waals surface area contributed by atoms with Gasteiger partial charge in [-0.3, -0.25) is 4.68 Å². The Morgan fingerprint density at radius 2 is 2.03 bits per heavy atom. The maximum atomic E-state index is 12.5. The van der Waals surface area contributed by atoms with E-state index in [1.807, 2.05) is 40.2 Å². The van der Waals surface area contributed by atoms with Gasteiger partial charge in [0.05, 0.1) is 23.5 Å². The van der Waals surface area contributed by atoms with Crippen molar-refractivity contribution in [2.75, 3.05) is 13.1 Å². The Bertz CT molecular complexity index is 1110. The summed E-state index contributed by atoms with van der Waals surface area (Å²) in [6.07, 6.45) is 7.77. The summed E-state index contributed by atoms with van der Waals surface area (Å²) >= 11 is 0. The van der Waals surface area contributed by atoms with Crippen LogP contribution >= 0.6 is 0 Å². The minimum atomic E-state index is -0.526. The van der Waals surface area contributed by atoms with Gasteiger partial charge < -0.3 is 9.64 Å². The average molecular weight is 392 g/mol. The molecule has 0 N–H and O–H groups in total. The molecule has 1 fully saturated rings. The largest absolute Gasteiger partial charge is 0.444 e. The molecule has 0 saturated carbocycles. The standard InChI is InChI=1S/C21H24N6O2/c1-21(2,3)29-20(28)26-6-5-14(12-26)18-7-15(17-10-23-25(4)11-17)13-27-19(18)16(8-22)9-24-27/h7,9-11,13-14H,5-6,12H2,1-4H3. The molecule has 0 bridgehead atoms. The lowest BCUT2D eigenvalue weighted by Crippen LogP contribution is -2.35. The van der Waals surface area contributed by atoms with Gasteiger partial charge in [-0.1, -0.05) is 0 Å². The molecule has 1 saturated heterocycles. The van der Waals surface area contributed by atoms with E-state index in [1.165, 1.54) is 0 Å². The Hall–Kier alpha value is -3.34. The topological polar surface area (TPSA) is 88.5 Å². The van der Waals surface area contributed by atoms with Crippen LogP contribution < -0.4 is 0 Å². The summed E-state index contributed by atoms with van der Waals surface area (Å²) < 4.78 is 9.03. The fraction of sp³-hybridized carbons (Fsp3) is 0.429. The van der Waals surface area contributed by atoms with Crippen molar-refractivity contribution < 1.29 is 9.53 Å². The third kappa shape index (κ3) is 3.68. The van der Waals surface area contributed by atoms with E-state index in [0.717, 1.165) is 28.6 Å². The molecule has 150 valence electrons. The maximum absolute atomic E-state index is 12.5. The number of carbonyl (C=O) groups is 1. The molecule has 4 rings (SSSR count). The average Bonchev–Trinajstić information content (AvgIpc) is 3.38. The lowest BCUT2D eigenvalue weighted by Gasteiger charge is -2.24. The van der Waals surface area contributed by atoms with Gasteiger partial charge in [0.15, 0.2) is 0 Å². The fourth-order valence-corrected chi connectivity index (χ4v) is 3.78. The van der Waals surface area contributed by atoms with Crippen LogP contribution in [0.5, 0.6) is 0 Å². The molecule has 1 aliphatic heterocycles. The third-order valence-corrected chi connectivity index (χ3v) is 5.08. The van der Waals surface area contributed by atoms with Crippen molar-refractivity contribution in [3.05, 3.63) is 42.0 Å². The minimum Gasteiger partial charge on any atom is -0.444 e. The summed E-state index contributed by atoms with van der Waals surface area (Å²) in [5.41, 5.74) is 3.79. The van der Waals surface area contributed by atoms with E-state index in [9.17, 15) is 10.1 Å². The summed E-state index contributed by atoms with van der Waals surface area (Å²) in [7, 11) is 1.88. The molecular formula is C21H24N6O2. The molecule has 29 heavy (non-hydrogen) atoms. The molecule has 8 nitrogen and oxygen atoms in total. The van der Waals surface area contributed by atoms with Crippen LogP contribution in [0.4, 0.5) is 4.79 Å². The molecule has 0 radical (unpaired) electrons. The number of fused-ring (bicyclic) bond motifs is 1. The van der Waals surface area contributed by atoms with Crippen molar-refractivity contribution in [3.63, 3.8) is 0 Å². The zero-order valence-electron chi connectivity index (χ0n) is 17.1. The Balaban J connectivity index is 1.72. The van der Waals surface area contributed by atoms with Gasteiger partial charge in [0.2, 0.25) is 0 Å². The number of hydrogen-bond acceptors (Lipinski definition) is 5. The second kappa shape index (κ2) is 6.92. The van der Waals surface area contributed by atoms with E-state index < -0.39 is 5.60 Å². The molecule has 0 spiro atoms. The van der Waals surface area contributed by atoms with Gasteiger partial charge in [-0.05, 0) is 38.8 Å². The zero-order valence-corrected chi connectivity index (χ0v) is 17.1. The number of amides is 1. The van der Waals surface area contributed by atoms with E-state index >= 15 is 0 Å². The highest BCUT2D eigenvalue weighted by Gasteiger charge is 2.32. The first-order valence-corrected chi connectivity index (χ1v) is 9.63. The molecule has 1 amide bonds. The van der Waals surface area contributed by atoms with E-state index in [1.54, 1.807) is 26.5 Å². The number of aromatic nitrogens is 4. The Kier molecular flexibility index (Phi) is 4.53. The van der Waals surface area contributed by atoms with Crippen LogP contribution in [0, 0.1) is 11.3 Å². The van der Waals surface area contributed by atoms with Crippen molar-refractivity contribution in [2.45, 2.75) is 38.7 Å². The Morgan fingerprint density at radius 1 is 1.24 bits per heavy atom. The van der Waals surface area contributed by atoms with Crippen LogP contribution in [0.3, 0.4) is 0 Å². The number of aryl methyl sites for hydroxylation is 1. The van der Waals surface area contributed by atoms with Gasteiger partial charge in [-0.2, -0.15) is 15.5 Å². The molecule has 4 heterocycles. The second-order valence-corrected chi connectivity index (χ2v) is 8.46. The highest BCUT2D eigenvalue weighted by molar-refractivity contribution is 5.73. The van der Waals surface area contributed by atoms with E-state index in [2.05, 4.69) is 22.3 Å². The van der Waals surface area contributed by atoms with Gasteiger partial charge in [-0.25, -0.2) is 9.31 Å². The molecule has 0 aliphatic carbocycles. The number of nitrogens with zero attached hydrogens (tertiary/aromatic N) is 6. The fourth-order valence-electron chi connectivity index (χ4n) is 3.78. The zero-order chi connectivity index (χ0) is 20.8. The van der Waals surface area contributed by atoms with Gasteiger partial charge in [-0.15, -0.1) is 0 Å². The van der Waals surface area contributed by atoms with Crippen molar-refractivity contribution >= 4 is 11.6 Å². The minimum absolute atomic E-state index is 0.102. The number of pyridine rings is 1. The van der Waals surface area contributed by atoms with Gasteiger partial charge in [0, 0.05) is 49.6 Å². The molecule has 0 aromatic carbocycles. The normalized spacial score (nSPS) is 16.9. The van der Waals surface area contributed by atoms with Crippen LogP contribution in [-0.4, -0.2) is 49.1 Å². The highest BCUT2D eigenvalue weighted by Crippen LogP contribution is 2.35. The smallest absolute Gasteiger partial charge is 0.410 e. The van der Waals surface area contributed by atoms with Crippen LogP contribution in [0.25, 0.3) is 16.6 Å². The lowest BCUT2D eigenvalue weighted by molar-refractivity contribution is 0.0292. The summed E-state index contributed by atoms with van der Waals surface area (Å²) in [5.74, 6) is 0.102. The van der Waals surface area contributed by atoms with E-state index in [4.69, 9.17) is 4.74 Å². The number of carbonyl (C=O) groups excluding carboxylic acids is 1. The summed E-state index contributed by atoms with van der Waals surface area (Å²) in [4.78, 5) is 14.2. The van der Waals surface area contributed by atoms with Crippen LogP contribution in [0.2, 0.25) is 0 Å². The van der Waals surface area contributed by atoms with Gasteiger partial charge in [0.25, 0.3) is 0 Å². The van der Waals surface area contributed by atoms with E-state index in [0.29, 0.717) is 18.7 Å². The van der Waals surface area contributed by atoms with Crippen LogP contribution in [-0.2, 0) is 11.8 Å². The molecule has 8 heteroatoms. The number of hydrogen-bond donors (Lipinski definition) is 0. The number of rotatable bonds is 2. The molecule has 3 aromatic heterocycles. The molecular weight excluding hydrogens is 368 g/mol. The predicted molar refractivity (Wildman–Crippen MR) is 107 cm³/mol. The molecule has 1 aliphatic rings. The quantitative estimate of drug-likeness (QED) is 0.667. The van der Waals surface area contributed by atoms with Gasteiger partial charge in [0.1, 0.15) is 11.7 Å². The van der Waals surface area contributed by atoms with Crippen LogP contribution in [0.15, 0.2) is 30.9 Å². The molecule has 1 unspecified atom stereocenters. The summed E-state index contributed by atoms with van der Waals surface area (Å²) in [6, 6.07) is 4.33. The monoisotopic (exact) mass is 392 g/mol. The first kappa shape index (κ1) is 19.0. The first-order valence-electron chi connectivity index (χ1n) is 9.63. The SMILES string of the molecule is Cn1cc(-c2cc(C3CCN(C(=O)OC(C)(C)C)C3)c3c(C#N)cnn3c2)cn1. The van der Waals surface area contributed by atoms with Crippen molar-refractivity contribution in [3.8, 4) is 17.2 Å². The predicted octanol–water partition coefficient (Wildman–Crippen LogP) is 3.33. The van der Waals surface area contributed by atoms with Crippen molar-refractivity contribution in [1.82, 2.24) is 24.3 Å². The van der Waals surface area contributed by atoms with Crippen molar-refractivity contribution in [1.29, 1.82) is 5.26 Å². The van der Waals surface area contributed by atoms with Crippen molar-refractivity contribution in [2.24, 2.45) is 7.05 Å². The first-order chi connectivity index (χ1) is 13.7. The Morgan fingerprint density at radius 3 is 2.69 bits per heavy atom. The van der Waals surface area contributed by atoms with E-state index in [-0.39, 0.29) is 12.0 Å². The maximum Gasteiger partial charge on any atom is 0.410 e. The lowest BCUT2D eigenvalue weighted by atomic mass is 9.94. The number of nitriles is 1. The molecule has 3 aromatic rings. The summed E-state index contributed by atoms with van der Waals surface area (Å²) in [5, 5.41) is 18.2. The number of ether oxygens (including phenoxy) is 1. The Labute approximate surface area is 169 Å². The third-order valence-electron chi connectivity index (χ3n) is 5.08. The number of likely N-dealkylation sites (tertiary alicyclic amines) is 1. The summed E-state index contributed by atoms with van der Waals surface area (Å²) in [6.45, 7) is 6.77. The highest BCUT2D eigenvalue weighted by atomic mass is 16.6. The molecule has 1 atom stereocenters.